The molecular weight excluding hydrogens is 295 g/mol. The van der Waals surface area contributed by atoms with Crippen molar-refractivity contribution in [2.45, 2.75) is 11.2 Å². The largest absolute Gasteiger partial charge is 0.305 e. The van der Waals surface area contributed by atoms with Crippen LogP contribution in [0.1, 0.15) is 6.42 Å². The average molecular weight is 303 g/mol. The number of hydrogen-bond donors (Lipinski definition) is 0. The summed E-state index contributed by atoms with van der Waals surface area (Å²) in [5.74, 6) is -0.899. The molecule has 1 atom stereocenters. The van der Waals surface area contributed by atoms with E-state index in [1.165, 1.54) is 11.0 Å². The van der Waals surface area contributed by atoms with Gasteiger partial charge >= 0.3 is 0 Å². The third-order valence-corrected chi connectivity index (χ3v) is 3.12. The summed E-state index contributed by atoms with van der Waals surface area (Å²) in [6, 6.07) is 3.19. The summed E-state index contributed by atoms with van der Waals surface area (Å²) in [5, 5.41) is 10.8. The Labute approximate surface area is 104 Å². The van der Waals surface area contributed by atoms with Gasteiger partial charge in [0.05, 0.1) is 11.0 Å². The number of rotatable bonds is 2. The number of nitro benzene ring substituents is 1. The molecule has 1 aliphatic rings. The van der Waals surface area contributed by atoms with E-state index >= 15 is 0 Å². The van der Waals surface area contributed by atoms with Crippen molar-refractivity contribution >= 4 is 33.2 Å². The van der Waals surface area contributed by atoms with E-state index in [1.807, 2.05) is 0 Å². The van der Waals surface area contributed by atoms with Gasteiger partial charge in [0.25, 0.3) is 5.69 Å². The first-order valence-electron chi connectivity index (χ1n) is 4.87. The van der Waals surface area contributed by atoms with Gasteiger partial charge in [-0.25, -0.2) is 4.39 Å². The smallest absolute Gasteiger partial charge is 0.295 e. The van der Waals surface area contributed by atoms with E-state index in [2.05, 4.69) is 15.9 Å². The quantitative estimate of drug-likeness (QED) is 0.478. The molecular formula is C10H8BrFN2O3. The number of carbonyl (C=O) groups is 1. The number of halogens is 2. The van der Waals surface area contributed by atoms with Gasteiger partial charge in [0, 0.05) is 17.8 Å². The number of amides is 1. The number of hydrogen-bond acceptors (Lipinski definition) is 3. The van der Waals surface area contributed by atoms with Gasteiger partial charge in [-0.15, -0.1) is 0 Å². The molecule has 0 radical (unpaired) electrons. The van der Waals surface area contributed by atoms with Crippen molar-refractivity contribution < 1.29 is 14.1 Å². The maximum absolute atomic E-state index is 13.0. The zero-order valence-corrected chi connectivity index (χ0v) is 10.2. The lowest BCUT2D eigenvalue weighted by atomic mass is 10.2. The van der Waals surface area contributed by atoms with Crippen molar-refractivity contribution in [1.29, 1.82) is 0 Å². The van der Waals surface area contributed by atoms with Crippen molar-refractivity contribution in [2.75, 3.05) is 11.4 Å². The number of anilines is 1. The molecule has 0 spiro atoms. The lowest BCUT2D eigenvalue weighted by molar-refractivity contribution is -0.384. The van der Waals surface area contributed by atoms with E-state index in [1.54, 1.807) is 0 Å². The second kappa shape index (κ2) is 4.40. The number of benzene rings is 1. The van der Waals surface area contributed by atoms with Gasteiger partial charge in [-0.05, 0) is 12.1 Å². The Morgan fingerprint density at radius 3 is 2.76 bits per heavy atom. The molecule has 2 rings (SSSR count). The minimum Gasteiger partial charge on any atom is -0.305 e. The number of alkyl halides is 1. The van der Waals surface area contributed by atoms with Crippen molar-refractivity contribution in [3.63, 3.8) is 0 Å². The molecule has 1 fully saturated rings. The van der Waals surface area contributed by atoms with Gasteiger partial charge in [-0.1, -0.05) is 15.9 Å². The number of carbonyl (C=O) groups excluding carboxylic acids is 1. The minimum absolute atomic E-state index is 0.0281. The van der Waals surface area contributed by atoms with Crippen molar-refractivity contribution in [3.05, 3.63) is 34.1 Å². The molecule has 5 nitrogen and oxygen atoms in total. The zero-order valence-electron chi connectivity index (χ0n) is 8.60. The molecule has 1 aromatic carbocycles. The van der Waals surface area contributed by atoms with Crippen molar-refractivity contribution in [3.8, 4) is 0 Å². The molecule has 1 aliphatic heterocycles. The average Bonchev–Trinajstić information content (AvgIpc) is 2.57. The van der Waals surface area contributed by atoms with Gasteiger partial charge in [0.2, 0.25) is 5.91 Å². The second-order valence-electron chi connectivity index (χ2n) is 3.70. The fourth-order valence-corrected chi connectivity index (χ4v) is 2.33. The van der Waals surface area contributed by atoms with E-state index in [0.29, 0.717) is 6.54 Å². The van der Waals surface area contributed by atoms with Crippen LogP contribution in [0.2, 0.25) is 0 Å². The molecule has 1 amide bonds. The Bertz CT molecular complexity index is 494. The van der Waals surface area contributed by atoms with E-state index in [9.17, 15) is 19.3 Å². The first-order valence-corrected chi connectivity index (χ1v) is 5.79. The summed E-state index contributed by atoms with van der Waals surface area (Å²) in [6.07, 6.45) is 0.286. The molecule has 1 aromatic rings. The first kappa shape index (κ1) is 12.0. The van der Waals surface area contributed by atoms with Crippen LogP contribution < -0.4 is 4.90 Å². The second-order valence-corrected chi connectivity index (χ2v) is 4.99. The monoisotopic (exact) mass is 302 g/mol. The van der Waals surface area contributed by atoms with Gasteiger partial charge in [0.1, 0.15) is 11.5 Å². The van der Waals surface area contributed by atoms with Crippen LogP contribution in [-0.4, -0.2) is 22.2 Å². The van der Waals surface area contributed by atoms with Crippen LogP contribution in [0.25, 0.3) is 0 Å². The first-order chi connectivity index (χ1) is 7.99. The van der Waals surface area contributed by atoms with Crippen LogP contribution in [0.3, 0.4) is 0 Å². The van der Waals surface area contributed by atoms with Crippen molar-refractivity contribution in [1.82, 2.24) is 0 Å². The Balaban J connectivity index is 2.45. The molecule has 7 heteroatoms. The summed E-state index contributed by atoms with van der Waals surface area (Å²) in [6.45, 7) is 0.352. The Hall–Kier alpha value is -1.50. The van der Waals surface area contributed by atoms with Crippen LogP contribution in [0, 0.1) is 15.9 Å². The Morgan fingerprint density at radius 2 is 2.24 bits per heavy atom. The van der Waals surface area contributed by atoms with Crippen LogP contribution in [-0.2, 0) is 4.79 Å². The summed E-state index contributed by atoms with van der Waals surface area (Å²) >= 11 is 3.29. The molecule has 0 aliphatic carbocycles. The SMILES string of the molecule is O=C1CC(Br)CN1c1ccc(F)cc1[N+](=O)[O-]. The van der Waals surface area contributed by atoms with Gasteiger partial charge in [0.15, 0.2) is 0 Å². The summed E-state index contributed by atoms with van der Waals surface area (Å²) in [4.78, 5) is 23.0. The number of nitrogens with zero attached hydrogens (tertiary/aromatic N) is 2. The highest BCUT2D eigenvalue weighted by Gasteiger charge is 2.33. The molecule has 0 saturated carbocycles. The van der Waals surface area contributed by atoms with Gasteiger partial charge < -0.3 is 4.90 Å². The van der Waals surface area contributed by atoms with Gasteiger partial charge in [-0.2, -0.15) is 0 Å². The summed E-state index contributed by atoms with van der Waals surface area (Å²) in [7, 11) is 0. The highest BCUT2D eigenvalue weighted by Crippen LogP contribution is 2.33. The molecule has 1 saturated heterocycles. The zero-order chi connectivity index (χ0) is 12.6. The fourth-order valence-electron chi connectivity index (χ4n) is 1.77. The highest BCUT2D eigenvalue weighted by atomic mass is 79.9. The predicted molar refractivity (Wildman–Crippen MR) is 62.7 cm³/mol. The molecule has 0 N–H and O–H groups in total. The van der Waals surface area contributed by atoms with Crippen molar-refractivity contribution in [2.24, 2.45) is 0 Å². The maximum Gasteiger partial charge on any atom is 0.295 e. The Morgan fingerprint density at radius 1 is 1.53 bits per heavy atom. The maximum atomic E-state index is 13.0. The lowest BCUT2D eigenvalue weighted by Gasteiger charge is -2.15. The summed E-state index contributed by atoms with van der Waals surface area (Å²) in [5.41, 5.74) is -0.247. The van der Waals surface area contributed by atoms with Crippen LogP contribution in [0.5, 0.6) is 0 Å². The van der Waals surface area contributed by atoms with E-state index in [0.717, 1.165) is 12.1 Å². The minimum atomic E-state index is -0.692. The molecule has 90 valence electrons. The molecule has 1 unspecified atom stereocenters. The number of nitro groups is 1. The van der Waals surface area contributed by atoms with Crippen LogP contribution in [0.4, 0.5) is 15.8 Å². The third-order valence-electron chi connectivity index (χ3n) is 2.50. The third kappa shape index (κ3) is 2.28. The molecule has 17 heavy (non-hydrogen) atoms. The van der Waals surface area contributed by atoms with Crippen LogP contribution in [0.15, 0.2) is 18.2 Å². The topological polar surface area (TPSA) is 63.5 Å². The normalized spacial score (nSPS) is 19.8. The van der Waals surface area contributed by atoms with E-state index in [4.69, 9.17) is 0 Å². The predicted octanol–water partition coefficient (Wildman–Crippen LogP) is 2.23. The van der Waals surface area contributed by atoms with Gasteiger partial charge in [-0.3, -0.25) is 14.9 Å². The summed E-state index contributed by atoms with van der Waals surface area (Å²) < 4.78 is 13.0. The Kier molecular flexibility index (Phi) is 3.10. The fraction of sp³-hybridized carbons (Fsp3) is 0.300. The highest BCUT2D eigenvalue weighted by molar-refractivity contribution is 9.09. The standard InChI is InChI=1S/C10H8BrFN2O3/c11-6-3-10(15)13(5-6)8-2-1-7(12)4-9(8)14(16)17/h1-2,4,6H,3,5H2. The van der Waals surface area contributed by atoms with Crippen LogP contribution >= 0.6 is 15.9 Å². The molecule has 0 bridgehead atoms. The molecule has 0 aromatic heterocycles. The molecule has 1 heterocycles. The van der Waals surface area contributed by atoms with E-state index < -0.39 is 10.7 Å². The van der Waals surface area contributed by atoms with E-state index in [-0.39, 0.29) is 28.5 Å². The lowest BCUT2D eigenvalue weighted by Crippen LogP contribution is -2.25.